The van der Waals surface area contributed by atoms with Crippen molar-refractivity contribution in [2.24, 2.45) is 0 Å². The van der Waals surface area contributed by atoms with Gasteiger partial charge in [0.2, 0.25) is 0 Å². The number of hydrogen-bond donors (Lipinski definition) is 2. The number of nitrogens with zero attached hydrogens (tertiary/aromatic N) is 2. The first-order chi connectivity index (χ1) is 9.69. The summed E-state index contributed by atoms with van der Waals surface area (Å²) in [4.78, 5) is 20.3. The molecule has 2 N–H and O–H groups in total. The first kappa shape index (κ1) is 14.0. The number of carbonyl (C=O) groups excluding carboxylic acids is 1. The van der Waals surface area contributed by atoms with Crippen LogP contribution in [-0.2, 0) is 0 Å². The number of amides is 1. The summed E-state index contributed by atoms with van der Waals surface area (Å²) in [5.74, 6) is 1.11. The van der Waals surface area contributed by atoms with Crippen LogP contribution in [-0.4, -0.2) is 22.4 Å². The number of nitrogens with one attached hydrogen (secondary N) is 2. The Balaban J connectivity index is 2.02. The Bertz CT molecular complexity index is 581. The van der Waals surface area contributed by atoms with Crippen LogP contribution in [0.1, 0.15) is 29.3 Å². The van der Waals surface area contributed by atoms with Crippen molar-refractivity contribution in [3.63, 3.8) is 0 Å². The van der Waals surface area contributed by atoms with Crippen LogP contribution in [0.3, 0.4) is 0 Å². The van der Waals surface area contributed by atoms with Crippen LogP contribution in [0.4, 0.5) is 11.6 Å². The Morgan fingerprint density at radius 3 is 2.70 bits per heavy atom. The highest BCUT2D eigenvalue weighted by Crippen LogP contribution is 2.09. The zero-order valence-electron chi connectivity index (χ0n) is 11.7. The highest BCUT2D eigenvalue weighted by Gasteiger charge is 2.07. The summed E-state index contributed by atoms with van der Waals surface area (Å²) in [5, 5.41) is 5.91. The lowest BCUT2D eigenvalue weighted by Gasteiger charge is -2.06. The summed E-state index contributed by atoms with van der Waals surface area (Å²) in [6, 6.07) is 7.25. The van der Waals surface area contributed by atoms with Crippen molar-refractivity contribution < 1.29 is 4.79 Å². The molecular formula is C15H18N4O. The minimum absolute atomic E-state index is 0.211. The van der Waals surface area contributed by atoms with Crippen molar-refractivity contribution >= 4 is 17.5 Å². The summed E-state index contributed by atoms with van der Waals surface area (Å²) in [5.41, 5.74) is 1.56. The van der Waals surface area contributed by atoms with Gasteiger partial charge in [0.05, 0.1) is 5.56 Å². The largest absolute Gasteiger partial charge is 0.370 e. The van der Waals surface area contributed by atoms with E-state index >= 15 is 0 Å². The maximum atomic E-state index is 12.0. The molecule has 5 nitrogen and oxygen atoms in total. The smallest absolute Gasteiger partial charge is 0.258 e. The average molecular weight is 270 g/mol. The van der Waals surface area contributed by atoms with Gasteiger partial charge in [0.25, 0.3) is 5.91 Å². The van der Waals surface area contributed by atoms with Crippen molar-refractivity contribution in [2.45, 2.75) is 20.3 Å². The third kappa shape index (κ3) is 3.78. The van der Waals surface area contributed by atoms with Gasteiger partial charge in [-0.1, -0.05) is 6.92 Å². The van der Waals surface area contributed by atoms with Crippen LogP contribution in [0.15, 0.2) is 36.7 Å². The van der Waals surface area contributed by atoms with E-state index in [1.54, 1.807) is 24.5 Å². The molecule has 0 saturated carbocycles. The van der Waals surface area contributed by atoms with Gasteiger partial charge in [-0.2, -0.15) is 0 Å². The van der Waals surface area contributed by atoms with Crippen molar-refractivity contribution in [3.8, 4) is 0 Å². The van der Waals surface area contributed by atoms with Crippen LogP contribution >= 0.6 is 0 Å². The Kier molecular flexibility index (Phi) is 4.65. The van der Waals surface area contributed by atoms with E-state index in [0.717, 1.165) is 24.3 Å². The number of pyridine rings is 2. The number of rotatable bonds is 5. The number of hydrogen-bond acceptors (Lipinski definition) is 4. The summed E-state index contributed by atoms with van der Waals surface area (Å²) in [6.07, 6.45) is 4.26. The third-order valence-electron chi connectivity index (χ3n) is 2.74. The van der Waals surface area contributed by atoms with E-state index in [-0.39, 0.29) is 5.91 Å². The molecule has 0 fully saturated rings. The maximum Gasteiger partial charge on any atom is 0.258 e. The minimum atomic E-state index is -0.211. The fraction of sp³-hybridized carbons (Fsp3) is 0.267. The first-order valence-corrected chi connectivity index (χ1v) is 6.63. The van der Waals surface area contributed by atoms with Crippen LogP contribution in [0.25, 0.3) is 0 Å². The quantitative estimate of drug-likeness (QED) is 0.876. The van der Waals surface area contributed by atoms with Gasteiger partial charge < -0.3 is 10.6 Å². The van der Waals surface area contributed by atoms with Gasteiger partial charge in [-0.05, 0) is 43.2 Å². The molecule has 0 aromatic carbocycles. The second-order valence-electron chi connectivity index (χ2n) is 4.53. The number of carbonyl (C=O) groups is 1. The standard InChI is InChI=1S/C15H18N4O/c1-3-7-16-13-5-4-12(10-18-13)15(20)19-14-9-11(2)6-8-17-14/h4-6,8-10H,3,7H2,1-2H3,(H,16,18)(H,17,19,20). The molecule has 0 aliphatic carbocycles. The number of aryl methyl sites for hydroxylation is 1. The van der Waals surface area contributed by atoms with Gasteiger partial charge >= 0.3 is 0 Å². The molecule has 0 atom stereocenters. The van der Waals surface area contributed by atoms with Crippen molar-refractivity contribution in [3.05, 3.63) is 47.8 Å². The lowest BCUT2D eigenvalue weighted by Crippen LogP contribution is -2.13. The molecule has 0 bridgehead atoms. The molecule has 0 aliphatic rings. The van der Waals surface area contributed by atoms with E-state index < -0.39 is 0 Å². The van der Waals surface area contributed by atoms with Gasteiger partial charge in [-0.3, -0.25) is 4.79 Å². The van der Waals surface area contributed by atoms with Gasteiger partial charge in [-0.25, -0.2) is 9.97 Å². The van der Waals surface area contributed by atoms with E-state index in [1.165, 1.54) is 0 Å². The maximum absolute atomic E-state index is 12.0. The Morgan fingerprint density at radius 2 is 2.05 bits per heavy atom. The molecular weight excluding hydrogens is 252 g/mol. The zero-order valence-corrected chi connectivity index (χ0v) is 11.7. The minimum Gasteiger partial charge on any atom is -0.370 e. The second kappa shape index (κ2) is 6.65. The molecule has 2 rings (SSSR count). The summed E-state index contributed by atoms with van der Waals surface area (Å²) in [6.45, 7) is 4.91. The van der Waals surface area contributed by atoms with Gasteiger partial charge in [0.15, 0.2) is 0 Å². The summed E-state index contributed by atoms with van der Waals surface area (Å²) >= 11 is 0. The van der Waals surface area contributed by atoms with Gasteiger partial charge in [-0.15, -0.1) is 0 Å². The van der Waals surface area contributed by atoms with Crippen molar-refractivity contribution in [1.82, 2.24) is 9.97 Å². The monoisotopic (exact) mass is 270 g/mol. The van der Waals surface area contributed by atoms with E-state index in [2.05, 4.69) is 27.5 Å². The van der Waals surface area contributed by atoms with Crippen LogP contribution in [0.2, 0.25) is 0 Å². The van der Waals surface area contributed by atoms with E-state index in [9.17, 15) is 4.79 Å². The highest BCUT2D eigenvalue weighted by atomic mass is 16.1. The predicted molar refractivity (Wildman–Crippen MR) is 79.9 cm³/mol. The molecule has 104 valence electrons. The summed E-state index contributed by atoms with van der Waals surface area (Å²) < 4.78 is 0. The Hall–Kier alpha value is -2.43. The highest BCUT2D eigenvalue weighted by molar-refractivity contribution is 6.03. The fourth-order valence-corrected chi connectivity index (χ4v) is 1.68. The third-order valence-corrected chi connectivity index (χ3v) is 2.74. The molecule has 5 heteroatoms. The Labute approximate surface area is 118 Å². The van der Waals surface area contributed by atoms with E-state index in [4.69, 9.17) is 0 Å². The molecule has 0 aliphatic heterocycles. The lowest BCUT2D eigenvalue weighted by atomic mass is 10.2. The van der Waals surface area contributed by atoms with Crippen LogP contribution in [0.5, 0.6) is 0 Å². The van der Waals surface area contributed by atoms with Crippen molar-refractivity contribution in [2.75, 3.05) is 17.2 Å². The normalized spacial score (nSPS) is 10.1. The molecule has 20 heavy (non-hydrogen) atoms. The number of aromatic nitrogens is 2. The predicted octanol–water partition coefficient (Wildman–Crippen LogP) is 2.86. The van der Waals surface area contributed by atoms with Crippen LogP contribution < -0.4 is 10.6 Å². The average Bonchev–Trinajstić information content (AvgIpc) is 2.45. The first-order valence-electron chi connectivity index (χ1n) is 6.63. The topological polar surface area (TPSA) is 66.9 Å². The van der Waals surface area contributed by atoms with E-state index in [0.29, 0.717) is 11.4 Å². The number of anilines is 2. The molecule has 0 radical (unpaired) electrons. The molecule has 0 spiro atoms. The van der Waals surface area contributed by atoms with E-state index in [1.807, 2.05) is 19.1 Å². The SMILES string of the molecule is CCCNc1ccc(C(=O)Nc2cc(C)ccn2)cn1. The Morgan fingerprint density at radius 1 is 1.20 bits per heavy atom. The van der Waals surface area contributed by atoms with Gasteiger partial charge in [0.1, 0.15) is 11.6 Å². The molecule has 0 unspecified atom stereocenters. The zero-order chi connectivity index (χ0) is 14.4. The molecule has 2 aromatic heterocycles. The second-order valence-corrected chi connectivity index (χ2v) is 4.53. The van der Waals surface area contributed by atoms with Crippen LogP contribution in [0, 0.1) is 6.92 Å². The van der Waals surface area contributed by atoms with Gasteiger partial charge in [0, 0.05) is 18.9 Å². The lowest BCUT2D eigenvalue weighted by molar-refractivity contribution is 0.102. The fourth-order valence-electron chi connectivity index (χ4n) is 1.68. The molecule has 1 amide bonds. The van der Waals surface area contributed by atoms with Crippen molar-refractivity contribution in [1.29, 1.82) is 0 Å². The molecule has 2 aromatic rings. The molecule has 2 heterocycles. The molecule has 0 saturated heterocycles. The summed E-state index contributed by atoms with van der Waals surface area (Å²) in [7, 11) is 0.